The number of sulfonamides is 1. The number of nitrogens with zero attached hydrogens (tertiary/aromatic N) is 2. The number of nitrogens with one attached hydrogen (secondary N) is 1. The summed E-state index contributed by atoms with van der Waals surface area (Å²) >= 11 is 0. The Balaban J connectivity index is 2.17. The third-order valence-corrected chi connectivity index (χ3v) is 6.24. The van der Waals surface area contributed by atoms with E-state index < -0.39 is 10.0 Å². The largest absolute Gasteiger partial charge is 0.497 e. The number of methoxy groups -OCH3 is 1. The molecule has 0 radical (unpaired) electrons. The van der Waals surface area contributed by atoms with Gasteiger partial charge in [-0.05, 0) is 50.0 Å². The first-order valence-electron chi connectivity index (χ1n) is 8.78. The van der Waals surface area contributed by atoms with Crippen molar-refractivity contribution in [2.24, 2.45) is 0 Å². The zero-order valence-electron chi connectivity index (χ0n) is 16.8. The smallest absolute Gasteiger partial charge is 0.251 e. The number of hydrogen-bond acceptors (Lipinski definition) is 5. The molecule has 0 fully saturated rings. The standard InChI is InChI=1S/C20H27N3O4S/c1-22(2)19(15-8-6-10-17(12-15)27-5)14-21-20(24)16-9-7-11-18(13-16)28(25,26)23(3)4/h6-13,19H,14H2,1-5H3,(H,21,24)/t19-/m1/s1. The summed E-state index contributed by atoms with van der Waals surface area (Å²) in [5.74, 6) is 0.419. The Morgan fingerprint density at radius 1 is 1.07 bits per heavy atom. The van der Waals surface area contributed by atoms with Crippen LogP contribution in [0.4, 0.5) is 0 Å². The summed E-state index contributed by atoms with van der Waals surface area (Å²) in [6, 6.07) is 13.6. The van der Waals surface area contributed by atoms with Crippen LogP contribution in [0.1, 0.15) is 22.0 Å². The van der Waals surface area contributed by atoms with Gasteiger partial charge in [0.15, 0.2) is 0 Å². The highest BCUT2D eigenvalue weighted by Gasteiger charge is 2.20. The van der Waals surface area contributed by atoms with Crippen molar-refractivity contribution in [2.45, 2.75) is 10.9 Å². The van der Waals surface area contributed by atoms with E-state index in [4.69, 9.17) is 4.74 Å². The normalized spacial score (nSPS) is 12.8. The van der Waals surface area contributed by atoms with Gasteiger partial charge in [0, 0.05) is 26.2 Å². The highest BCUT2D eigenvalue weighted by atomic mass is 32.2. The average Bonchev–Trinajstić information content (AvgIpc) is 2.67. The molecule has 0 aliphatic heterocycles. The van der Waals surface area contributed by atoms with Crippen LogP contribution in [0.5, 0.6) is 5.75 Å². The van der Waals surface area contributed by atoms with Crippen LogP contribution in [0.3, 0.4) is 0 Å². The second-order valence-electron chi connectivity index (χ2n) is 6.78. The van der Waals surface area contributed by atoms with Crippen LogP contribution < -0.4 is 10.1 Å². The van der Waals surface area contributed by atoms with Gasteiger partial charge in [0.05, 0.1) is 18.0 Å². The Hall–Kier alpha value is -2.42. The third kappa shape index (κ3) is 5.09. The number of likely N-dealkylation sites (N-methyl/N-ethyl adjacent to an activating group) is 1. The molecule has 7 nitrogen and oxygen atoms in total. The SMILES string of the molecule is COc1cccc([C@@H](CNC(=O)c2cccc(S(=O)(=O)N(C)C)c2)N(C)C)c1. The molecule has 2 aromatic rings. The Labute approximate surface area is 167 Å². The van der Waals surface area contributed by atoms with E-state index in [1.165, 1.54) is 26.2 Å². The summed E-state index contributed by atoms with van der Waals surface area (Å²) in [6.07, 6.45) is 0. The van der Waals surface area contributed by atoms with Crippen molar-refractivity contribution in [3.63, 3.8) is 0 Å². The van der Waals surface area contributed by atoms with Crippen LogP contribution in [0.25, 0.3) is 0 Å². The molecule has 1 atom stereocenters. The molecule has 1 amide bonds. The number of hydrogen-bond donors (Lipinski definition) is 1. The minimum Gasteiger partial charge on any atom is -0.497 e. The molecule has 152 valence electrons. The summed E-state index contributed by atoms with van der Waals surface area (Å²) < 4.78 is 31.0. The molecule has 0 heterocycles. The van der Waals surface area contributed by atoms with E-state index in [0.717, 1.165) is 15.6 Å². The highest BCUT2D eigenvalue weighted by molar-refractivity contribution is 7.89. The van der Waals surface area contributed by atoms with Gasteiger partial charge in [0.1, 0.15) is 5.75 Å². The van der Waals surface area contributed by atoms with Crippen molar-refractivity contribution in [3.05, 3.63) is 59.7 Å². The van der Waals surface area contributed by atoms with Crippen molar-refractivity contribution in [3.8, 4) is 5.75 Å². The van der Waals surface area contributed by atoms with E-state index in [0.29, 0.717) is 12.1 Å². The van der Waals surface area contributed by atoms with Crippen molar-refractivity contribution < 1.29 is 17.9 Å². The fraction of sp³-hybridized carbons (Fsp3) is 0.350. The van der Waals surface area contributed by atoms with Crippen molar-refractivity contribution in [2.75, 3.05) is 41.8 Å². The number of carbonyl (C=O) groups is 1. The summed E-state index contributed by atoms with van der Waals surface area (Å²) in [4.78, 5) is 14.7. The highest BCUT2D eigenvalue weighted by Crippen LogP contribution is 2.22. The Morgan fingerprint density at radius 2 is 1.75 bits per heavy atom. The van der Waals surface area contributed by atoms with Gasteiger partial charge in [-0.25, -0.2) is 12.7 Å². The Morgan fingerprint density at radius 3 is 2.36 bits per heavy atom. The molecule has 0 spiro atoms. The molecule has 28 heavy (non-hydrogen) atoms. The number of amides is 1. The molecular formula is C20H27N3O4S. The van der Waals surface area contributed by atoms with Crippen LogP contribution in [0, 0.1) is 0 Å². The minimum absolute atomic E-state index is 0.0623. The van der Waals surface area contributed by atoms with E-state index in [1.54, 1.807) is 19.2 Å². The minimum atomic E-state index is -3.60. The molecule has 0 aliphatic rings. The fourth-order valence-electron chi connectivity index (χ4n) is 2.75. The predicted molar refractivity (Wildman–Crippen MR) is 109 cm³/mol. The number of benzene rings is 2. The topological polar surface area (TPSA) is 78.9 Å². The van der Waals surface area contributed by atoms with E-state index >= 15 is 0 Å². The number of rotatable bonds is 8. The second-order valence-corrected chi connectivity index (χ2v) is 8.93. The van der Waals surface area contributed by atoms with Crippen molar-refractivity contribution >= 4 is 15.9 Å². The van der Waals surface area contributed by atoms with Crippen molar-refractivity contribution in [1.29, 1.82) is 0 Å². The lowest BCUT2D eigenvalue weighted by Crippen LogP contribution is -2.34. The molecule has 0 aliphatic carbocycles. The predicted octanol–water partition coefficient (Wildman–Crippen LogP) is 1.98. The van der Waals surface area contributed by atoms with Crippen LogP contribution in [-0.4, -0.2) is 65.4 Å². The lowest BCUT2D eigenvalue weighted by Gasteiger charge is -2.25. The number of ether oxygens (including phenoxy) is 1. The molecule has 0 aromatic heterocycles. The van der Waals surface area contributed by atoms with E-state index in [2.05, 4.69) is 5.32 Å². The molecule has 2 aromatic carbocycles. The molecule has 0 saturated carbocycles. The zero-order chi connectivity index (χ0) is 20.9. The van der Waals surface area contributed by atoms with Crippen LogP contribution in [0.15, 0.2) is 53.4 Å². The maximum absolute atomic E-state index is 12.6. The maximum atomic E-state index is 12.6. The summed E-state index contributed by atoms with van der Waals surface area (Å²) in [5, 5.41) is 2.89. The van der Waals surface area contributed by atoms with Gasteiger partial charge >= 0.3 is 0 Å². The van der Waals surface area contributed by atoms with E-state index in [9.17, 15) is 13.2 Å². The third-order valence-electron chi connectivity index (χ3n) is 4.43. The molecular weight excluding hydrogens is 378 g/mol. The van der Waals surface area contributed by atoms with Crippen molar-refractivity contribution in [1.82, 2.24) is 14.5 Å². The van der Waals surface area contributed by atoms with Gasteiger partial charge in [0.2, 0.25) is 10.0 Å². The van der Waals surface area contributed by atoms with E-state index in [1.807, 2.05) is 43.3 Å². The lowest BCUT2D eigenvalue weighted by molar-refractivity contribution is 0.0941. The average molecular weight is 406 g/mol. The van der Waals surface area contributed by atoms with E-state index in [-0.39, 0.29) is 16.8 Å². The molecule has 0 saturated heterocycles. The van der Waals surface area contributed by atoms with Gasteiger partial charge in [-0.1, -0.05) is 18.2 Å². The summed E-state index contributed by atoms with van der Waals surface area (Å²) in [6.45, 7) is 0.365. The van der Waals surface area contributed by atoms with Gasteiger partial charge in [-0.15, -0.1) is 0 Å². The molecule has 1 N–H and O–H groups in total. The first-order valence-corrected chi connectivity index (χ1v) is 10.2. The summed E-state index contributed by atoms with van der Waals surface area (Å²) in [5.41, 5.74) is 1.31. The first kappa shape index (κ1) is 21.9. The monoisotopic (exact) mass is 405 g/mol. The van der Waals surface area contributed by atoms with Gasteiger partial charge in [-0.2, -0.15) is 0 Å². The fourth-order valence-corrected chi connectivity index (χ4v) is 3.70. The maximum Gasteiger partial charge on any atom is 0.251 e. The van der Waals surface area contributed by atoms with Crippen LogP contribution >= 0.6 is 0 Å². The van der Waals surface area contributed by atoms with Gasteiger partial charge in [0.25, 0.3) is 5.91 Å². The first-order chi connectivity index (χ1) is 13.2. The van der Waals surface area contributed by atoms with Gasteiger partial charge < -0.3 is 15.0 Å². The Bertz CT molecular complexity index is 927. The molecule has 2 rings (SSSR count). The lowest BCUT2D eigenvalue weighted by atomic mass is 10.1. The molecule has 0 bridgehead atoms. The Kier molecular flexibility index (Phi) is 7.17. The van der Waals surface area contributed by atoms with Crippen LogP contribution in [-0.2, 0) is 10.0 Å². The second kappa shape index (κ2) is 9.18. The number of carbonyl (C=O) groups excluding carboxylic acids is 1. The molecule has 0 unspecified atom stereocenters. The zero-order valence-corrected chi connectivity index (χ0v) is 17.7. The summed E-state index contributed by atoms with van der Waals surface area (Å²) in [7, 11) is 4.79. The quantitative estimate of drug-likeness (QED) is 0.727. The van der Waals surface area contributed by atoms with Crippen LogP contribution in [0.2, 0.25) is 0 Å². The molecule has 8 heteroatoms. The van der Waals surface area contributed by atoms with Gasteiger partial charge in [-0.3, -0.25) is 4.79 Å².